The minimum Gasteiger partial charge on any atom is -0.466 e. The summed E-state index contributed by atoms with van der Waals surface area (Å²) in [7, 11) is 1.30. The van der Waals surface area contributed by atoms with Gasteiger partial charge in [0.1, 0.15) is 0 Å². The Labute approximate surface area is 216 Å². The van der Waals surface area contributed by atoms with Crippen molar-refractivity contribution >= 4 is 63.6 Å². The molecule has 0 saturated carbocycles. The average molecular weight is 533 g/mol. The fourth-order valence-electron chi connectivity index (χ4n) is 3.62. The number of carbonyl (C=O) groups excluding carboxylic acids is 3. The Hall–Kier alpha value is -2.85. The smallest absolute Gasteiger partial charge is 0.331 e. The summed E-state index contributed by atoms with van der Waals surface area (Å²) in [6.07, 6.45) is 1.36. The van der Waals surface area contributed by atoms with Gasteiger partial charge in [-0.15, -0.1) is 0 Å². The van der Waals surface area contributed by atoms with E-state index in [4.69, 9.17) is 27.9 Å². The first kappa shape index (κ1) is 25.2. The zero-order valence-corrected chi connectivity index (χ0v) is 21.1. The van der Waals surface area contributed by atoms with Crippen LogP contribution in [-0.2, 0) is 9.53 Å². The Balaban J connectivity index is 1.61. The number of nitrogens with one attached hydrogen (secondary N) is 1. The van der Waals surface area contributed by atoms with Crippen LogP contribution in [0.5, 0.6) is 0 Å². The predicted molar refractivity (Wildman–Crippen MR) is 138 cm³/mol. The highest BCUT2D eigenvalue weighted by atomic mass is 35.5. The Morgan fingerprint density at radius 2 is 1.80 bits per heavy atom. The molecule has 4 rings (SSSR count). The highest BCUT2D eigenvalue weighted by Crippen LogP contribution is 2.34. The summed E-state index contributed by atoms with van der Waals surface area (Å²) in [5, 5.41) is 4.21. The van der Waals surface area contributed by atoms with Crippen LogP contribution in [0.2, 0.25) is 10.0 Å². The molecule has 0 radical (unpaired) electrons. The number of carbonyl (C=O) groups is 3. The minimum absolute atomic E-state index is 0.0263. The van der Waals surface area contributed by atoms with Crippen LogP contribution >= 0.6 is 35.0 Å². The van der Waals surface area contributed by atoms with Crippen LogP contribution in [0.15, 0.2) is 58.4 Å². The number of hydrogen-bond donors (Lipinski definition) is 1. The van der Waals surface area contributed by atoms with E-state index in [-0.39, 0.29) is 16.5 Å². The highest BCUT2D eigenvalue weighted by molar-refractivity contribution is 8.18. The predicted octanol–water partition coefficient (Wildman–Crippen LogP) is 3.85. The maximum absolute atomic E-state index is 12.9. The average Bonchev–Trinajstić information content (AvgIpc) is 3.25. The maximum Gasteiger partial charge on any atom is 0.331 e. The van der Waals surface area contributed by atoms with Gasteiger partial charge in [-0.05, 0) is 42.5 Å². The second-order valence-corrected chi connectivity index (χ2v) is 9.67. The molecule has 2 aliphatic heterocycles. The third-order valence-corrected chi connectivity index (χ3v) is 6.99. The van der Waals surface area contributed by atoms with Gasteiger partial charge in [0, 0.05) is 53.4 Å². The number of thioether (sulfide) groups is 1. The van der Waals surface area contributed by atoms with E-state index in [1.165, 1.54) is 37.1 Å². The number of halogens is 2. The second kappa shape index (κ2) is 11.3. The molecular formula is C24H22Cl2N4O4S. The van der Waals surface area contributed by atoms with Gasteiger partial charge >= 0.3 is 5.97 Å². The number of aliphatic imine (C=N–C) groups is 1. The molecule has 2 saturated heterocycles. The number of ether oxygens (including phenoxy) is 1. The molecule has 0 atom stereocenters. The molecule has 2 fully saturated rings. The van der Waals surface area contributed by atoms with Crippen molar-refractivity contribution in [1.82, 2.24) is 10.2 Å². The van der Waals surface area contributed by atoms with Crippen LogP contribution in [0.1, 0.15) is 20.7 Å². The van der Waals surface area contributed by atoms with Crippen molar-refractivity contribution in [3.8, 4) is 0 Å². The molecule has 11 heteroatoms. The maximum atomic E-state index is 12.9. The van der Waals surface area contributed by atoms with Gasteiger partial charge in [-0.2, -0.15) is 4.99 Å². The lowest BCUT2D eigenvalue weighted by Crippen LogP contribution is -2.46. The van der Waals surface area contributed by atoms with Crippen molar-refractivity contribution in [2.75, 3.05) is 44.7 Å². The zero-order chi connectivity index (χ0) is 24.9. The van der Waals surface area contributed by atoms with Gasteiger partial charge in [0.05, 0.1) is 24.2 Å². The first-order chi connectivity index (χ1) is 16.9. The summed E-state index contributed by atoms with van der Waals surface area (Å²) < 4.78 is 4.73. The number of amides is 2. The molecule has 35 heavy (non-hydrogen) atoms. The normalized spacial score (nSPS) is 18.3. The van der Waals surface area contributed by atoms with Gasteiger partial charge in [0.15, 0.2) is 5.17 Å². The van der Waals surface area contributed by atoms with Crippen molar-refractivity contribution in [1.29, 1.82) is 0 Å². The number of esters is 1. The largest absolute Gasteiger partial charge is 0.466 e. The van der Waals surface area contributed by atoms with Crippen molar-refractivity contribution in [3.05, 3.63) is 74.6 Å². The van der Waals surface area contributed by atoms with Crippen molar-refractivity contribution < 1.29 is 19.1 Å². The third-order valence-electron chi connectivity index (χ3n) is 5.44. The van der Waals surface area contributed by atoms with E-state index in [0.717, 1.165) is 18.8 Å². The van der Waals surface area contributed by atoms with Crippen molar-refractivity contribution in [3.63, 3.8) is 0 Å². The van der Waals surface area contributed by atoms with Crippen LogP contribution in [-0.4, -0.2) is 67.7 Å². The molecule has 0 aromatic heterocycles. The molecule has 0 aliphatic carbocycles. The summed E-state index contributed by atoms with van der Waals surface area (Å²) in [5.41, 5.74) is 1.51. The Morgan fingerprint density at radius 1 is 1.09 bits per heavy atom. The zero-order valence-electron chi connectivity index (χ0n) is 18.8. The van der Waals surface area contributed by atoms with Gasteiger partial charge in [-0.3, -0.25) is 9.59 Å². The lowest BCUT2D eigenvalue weighted by molar-refractivity contribution is -0.134. The number of nitrogens with zero attached hydrogens (tertiary/aromatic N) is 3. The number of methoxy groups -OCH3 is 1. The van der Waals surface area contributed by atoms with Crippen LogP contribution in [0.3, 0.4) is 0 Å². The van der Waals surface area contributed by atoms with Crippen molar-refractivity contribution in [2.45, 2.75) is 0 Å². The van der Waals surface area contributed by atoms with Crippen LogP contribution < -0.4 is 10.2 Å². The fourth-order valence-corrected chi connectivity index (χ4v) is 5.10. The van der Waals surface area contributed by atoms with E-state index in [0.29, 0.717) is 40.3 Å². The van der Waals surface area contributed by atoms with Crippen LogP contribution in [0.25, 0.3) is 0 Å². The topological polar surface area (TPSA) is 91.3 Å². The Bertz CT molecular complexity index is 1210. The molecule has 2 aromatic rings. The number of piperazine rings is 1. The summed E-state index contributed by atoms with van der Waals surface area (Å²) in [4.78, 5) is 46.0. The highest BCUT2D eigenvalue weighted by Gasteiger charge is 2.28. The molecule has 0 bridgehead atoms. The SMILES string of the molecule is COC(=O)C=C1CN(c2ccc(C(=O)N3CCNCC3)cc2)C(=NC(=O)c2ccc(Cl)cc2Cl)S1. The molecule has 0 unspecified atom stereocenters. The Kier molecular flexibility index (Phi) is 8.12. The molecule has 2 aromatic carbocycles. The third kappa shape index (κ3) is 6.05. The molecule has 2 heterocycles. The minimum atomic E-state index is -0.538. The number of rotatable bonds is 4. The number of anilines is 1. The molecule has 182 valence electrons. The van der Waals surface area contributed by atoms with Gasteiger partial charge in [-0.1, -0.05) is 35.0 Å². The van der Waals surface area contributed by atoms with E-state index in [2.05, 4.69) is 10.3 Å². The summed E-state index contributed by atoms with van der Waals surface area (Å²) in [6.45, 7) is 3.19. The van der Waals surface area contributed by atoms with Crippen LogP contribution in [0, 0.1) is 0 Å². The molecule has 8 nitrogen and oxygen atoms in total. The lowest BCUT2D eigenvalue weighted by atomic mass is 10.1. The molecule has 1 N–H and O–H groups in total. The first-order valence-corrected chi connectivity index (χ1v) is 12.3. The standard InChI is InChI=1S/C24H22Cl2N4O4S/c1-34-21(31)13-18-14-30(24(35-18)28-22(32)19-7-4-16(25)12-20(19)26)17-5-2-15(3-6-17)23(33)29-10-8-27-9-11-29/h2-7,12-13,27H,8-11,14H2,1H3. The van der Waals surface area contributed by atoms with Gasteiger partial charge < -0.3 is 19.9 Å². The lowest BCUT2D eigenvalue weighted by Gasteiger charge is -2.27. The summed E-state index contributed by atoms with van der Waals surface area (Å²) in [5.74, 6) is -1.07. The van der Waals surface area contributed by atoms with E-state index in [1.54, 1.807) is 35.2 Å². The van der Waals surface area contributed by atoms with E-state index < -0.39 is 11.9 Å². The van der Waals surface area contributed by atoms with E-state index in [9.17, 15) is 14.4 Å². The van der Waals surface area contributed by atoms with Gasteiger partial charge in [-0.25, -0.2) is 4.79 Å². The van der Waals surface area contributed by atoms with Crippen LogP contribution in [0.4, 0.5) is 5.69 Å². The summed E-state index contributed by atoms with van der Waals surface area (Å²) in [6, 6.07) is 11.7. The monoisotopic (exact) mass is 532 g/mol. The first-order valence-electron chi connectivity index (χ1n) is 10.8. The molecule has 0 spiro atoms. The molecule has 2 amide bonds. The van der Waals surface area contributed by atoms with E-state index in [1.807, 2.05) is 4.90 Å². The fraction of sp³-hybridized carbons (Fsp3) is 0.250. The second-order valence-electron chi connectivity index (χ2n) is 7.73. The molecule has 2 aliphatic rings. The summed E-state index contributed by atoms with van der Waals surface area (Å²) >= 11 is 13.3. The number of benzene rings is 2. The molecular weight excluding hydrogens is 511 g/mol. The van der Waals surface area contributed by atoms with Crippen molar-refractivity contribution in [2.24, 2.45) is 4.99 Å². The Morgan fingerprint density at radius 3 is 2.46 bits per heavy atom. The van der Waals surface area contributed by atoms with E-state index >= 15 is 0 Å². The quantitative estimate of drug-likeness (QED) is 0.472. The van der Waals surface area contributed by atoms with Gasteiger partial charge in [0.25, 0.3) is 11.8 Å². The number of hydrogen-bond acceptors (Lipinski definition) is 6. The van der Waals surface area contributed by atoms with Gasteiger partial charge in [0.2, 0.25) is 0 Å². The number of amidine groups is 1.